The van der Waals surface area contributed by atoms with Crippen LogP contribution in [-0.2, 0) is 24.3 Å². The van der Waals surface area contributed by atoms with Gasteiger partial charge in [0.1, 0.15) is 6.54 Å². The highest BCUT2D eigenvalue weighted by molar-refractivity contribution is 5.84. The van der Waals surface area contributed by atoms with E-state index < -0.39 is 0 Å². The Morgan fingerprint density at radius 3 is 2.69 bits per heavy atom. The molecule has 0 aliphatic rings. The first-order valence-corrected chi connectivity index (χ1v) is 8.33. The quantitative estimate of drug-likeness (QED) is 0.721. The Morgan fingerprint density at radius 2 is 1.96 bits per heavy atom. The molecule has 0 radical (unpaired) electrons. The third kappa shape index (κ3) is 3.81. The van der Waals surface area contributed by atoms with E-state index in [9.17, 15) is 9.59 Å². The Bertz CT molecular complexity index is 1060. The number of terminal acetylenes is 1. The van der Waals surface area contributed by atoms with Gasteiger partial charge in [-0.2, -0.15) is 5.10 Å². The first kappa shape index (κ1) is 17.4. The Kier molecular flexibility index (Phi) is 5.14. The molecule has 1 amide bonds. The molecular formula is C21H19N3O2. The molecule has 2 aromatic carbocycles. The van der Waals surface area contributed by atoms with Gasteiger partial charge in [0.2, 0.25) is 5.91 Å². The Hall–Kier alpha value is -3.39. The predicted molar refractivity (Wildman–Crippen MR) is 102 cm³/mol. The molecule has 1 heterocycles. The number of aromatic nitrogens is 2. The number of fused-ring (bicyclic) bond motifs is 1. The average Bonchev–Trinajstić information content (AvgIpc) is 2.63. The summed E-state index contributed by atoms with van der Waals surface area (Å²) in [6.07, 6.45) is 5.62. The molecule has 0 spiro atoms. The summed E-state index contributed by atoms with van der Waals surface area (Å²) in [5, 5.41) is 8.48. The van der Waals surface area contributed by atoms with E-state index >= 15 is 0 Å². The van der Waals surface area contributed by atoms with E-state index in [1.165, 1.54) is 4.68 Å². The number of carbonyl (C=O) groups excluding carboxylic acids is 1. The van der Waals surface area contributed by atoms with Gasteiger partial charge < -0.3 is 5.32 Å². The fourth-order valence-electron chi connectivity index (χ4n) is 2.88. The molecule has 130 valence electrons. The van der Waals surface area contributed by atoms with E-state index in [0.29, 0.717) is 17.5 Å². The van der Waals surface area contributed by atoms with Crippen molar-refractivity contribution in [1.82, 2.24) is 15.1 Å². The summed E-state index contributed by atoms with van der Waals surface area (Å²) in [5.74, 6) is 2.33. The average molecular weight is 345 g/mol. The Balaban J connectivity index is 1.82. The minimum atomic E-state index is -0.228. The Morgan fingerprint density at radius 1 is 1.19 bits per heavy atom. The fraction of sp³-hybridized carbons (Fsp3) is 0.190. The van der Waals surface area contributed by atoms with Crippen molar-refractivity contribution < 1.29 is 4.79 Å². The molecule has 3 aromatic rings. The monoisotopic (exact) mass is 345 g/mol. The van der Waals surface area contributed by atoms with Crippen LogP contribution >= 0.6 is 0 Å². The lowest BCUT2D eigenvalue weighted by Crippen LogP contribution is -2.29. The molecule has 1 N–H and O–H groups in total. The van der Waals surface area contributed by atoms with E-state index in [1.54, 1.807) is 12.1 Å². The maximum atomic E-state index is 12.4. The van der Waals surface area contributed by atoms with Crippen LogP contribution in [-0.4, -0.2) is 15.7 Å². The number of benzene rings is 2. The van der Waals surface area contributed by atoms with Crippen molar-refractivity contribution >= 4 is 16.7 Å². The highest BCUT2D eigenvalue weighted by Crippen LogP contribution is 2.13. The van der Waals surface area contributed by atoms with Crippen LogP contribution in [0.2, 0.25) is 0 Å². The molecule has 0 aliphatic heterocycles. The lowest BCUT2D eigenvalue weighted by atomic mass is 10.1. The number of rotatable bonds is 5. The highest BCUT2D eigenvalue weighted by Gasteiger charge is 2.11. The number of nitrogens with zero attached hydrogens (tertiary/aromatic N) is 2. The van der Waals surface area contributed by atoms with Crippen LogP contribution in [0, 0.1) is 19.3 Å². The van der Waals surface area contributed by atoms with Crippen molar-refractivity contribution in [1.29, 1.82) is 0 Å². The van der Waals surface area contributed by atoms with E-state index in [2.05, 4.69) is 16.3 Å². The van der Waals surface area contributed by atoms with E-state index in [-0.39, 0.29) is 24.6 Å². The maximum absolute atomic E-state index is 12.4. The number of carbonyl (C=O) groups is 1. The van der Waals surface area contributed by atoms with Crippen LogP contribution in [0.1, 0.15) is 16.8 Å². The minimum Gasteiger partial charge on any atom is -0.350 e. The molecule has 3 rings (SSSR count). The Labute approximate surface area is 151 Å². The lowest BCUT2D eigenvalue weighted by Gasteiger charge is -2.10. The van der Waals surface area contributed by atoms with Gasteiger partial charge in [-0.1, -0.05) is 53.9 Å². The largest absolute Gasteiger partial charge is 0.350 e. The van der Waals surface area contributed by atoms with Gasteiger partial charge in [0.25, 0.3) is 5.56 Å². The third-order valence-corrected chi connectivity index (χ3v) is 4.09. The molecule has 0 unspecified atom stereocenters. The highest BCUT2D eigenvalue weighted by atomic mass is 16.1. The number of nitrogens with one attached hydrogen (secondary N) is 1. The standard InChI is InChI=1S/C21H19N3O2/c1-3-11-24-21(26)18-10-5-4-9-17(18)19(23-24)14-22-20(25)13-16-8-6-7-15(2)12-16/h1,4-10,12H,11,13-14H2,2H3,(H,22,25). The van der Waals surface area contributed by atoms with Gasteiger partial charge in [-0.05, 0) is 18.6 Å². The molecule has 0 bridgehead atoms. The lowest BCUT2D eigenvalue weighted by molar-refractivity contribution is -0.120. The zero-order chi connectivity index (χ0) is 18.5. The minimum absolute atomic E-state index is 0.0912. The van der Waals surface area contributed by atoms with Crippen molar-refractivity contribution in [2.45, 2.75) is 26.4 Å². The van der Waals surface area contributed by atoms with Gasteiger partial charge >= 0.3 is 0 Å². The summed E-state index contributed by atoms with van der Waals surface area (Å²) >= 11 is 0. The molecule has 0 aliphatic carbocycles. The van der Waals surface area contributed by atoms with Crippen molar-refractivity contribution in [3.8, 4) is 12.3 Å². The molecule has 0 saturated heterocycles. The van der Waals surface area contributed by atoms with Crippen molar-refractivity contribution in [3.63, 3.8) is 0 Å². The molecule has 5 heteroatoms. The first-order chi connectivity index (χ1) is 12.6. The molecule has 26 heavy (non-hydrogen) atoms. The number of hydrogen-bond donors (Lipinski definition) is 1. The van der Waals surface area contributed by atoms with Gasteiger partial charge in [0.05, 0.1) is 24.0 Å². The summed E-state index contributed by atoms with van der Waals surface area (Å²) in [6.45, 7) is 2.32. The van der Waals surface area contributed by atoms with Crippen LogP contribution in [0.3, 0.4) is 0 Å². The van der Waals surface area contributed by atoms with E-state index in [0.717, 1.165) is 16.5 Å². The third-order valence-electron chi connectivity index (χ3n) is 4.09. The summed E-state index contributed by atoms with van der Waals surface area (Å²) in [6, 6.07) is 15.0. The zero-order valence-electron chi connectivity index (χ0n) is 14.5. The molecule has 0 atom stereocenters. The van der Waals surface area contributed by atoms with Crippen LogP contribution in [0.15, 0.2) is 53.3 Å². The second-order valence-electron chi connectivity index (χ2n) is 6.10. The summed E-state index contributed by atoms with van der Waals surface area (Å²) < 4.78 is 1.25. The van der Waals surface area contributed by atoms with Gasteiger partial charge in [0.15, 0.2) is 0 Å². The number of hydrogen-bond acceptors (Lipinski definition) is 3. The topological polar surface area (TPSA) is 64.0 Å². The molecule has 0 fully saturated rings. The molecular weight excluding hydrogens is 326 g/mol. The van der Waals surface area contributed by atoms with Crippen molar-refractivity contribution in [2.75, 3.05) is 0 Å². The second kappa shape index (κ2) is 7.66. The first-order valence-electron chi connectivity index (χ1n) is 8.33. The smallest absolute Gasteiger partial charge is 0.275 e. The SMILES string of the molecule is C#CCn1nc(CNC(=O)Cc2cccc(C)c2)c2ccccc2c1=O. The van der Waals surface area contributed by atoms with Crippen molar-refractivity contribution in [2.24, 2.45) is 0 Å². The molecule has 1 aromatic heterocycles. The van der Waals surface area contributed by atoms with Gasteiger partial charge in [-0.15, -0.1) is 6.42 Å². The second-order valence-corrected chi connectivity index (χ2v) is 6.10. The summed E-state index contributed by atoms with van der Waals surface area (Å²) in [4.78, 5) is 24.7. The van der Waals surface area contributed by atoms with E-state index in [4.69, 9.17) is 6.42 Å². The maximum Gasteiger partial charge on any atom is 0.275 e. The number of aryl methyl sites for hydroxylation is 1. The van der Waals surface area contributed by atoms with Crippen molar-refractivity contribution in [3.05, 3.63) is 75.7 Å². The van der Waals surface area contributed by atoms with Crippen LogP contribution in [0.4, 0.5) is 0 Å². The van der Waals surface area contributed by atoms with Crippen LogP contribution in [0.5, 0.6) is 0 Å². The van der Waals surface area contributed by atoms with Gasteiger partial charge in [0, 0.05) is 5.39 Å². The van der Waals surface area contributed by atoms with Crippen LogP contribution < -0.4 is 10.9 Å². The molecule has 5 nitrogen and oxygen atoms in total. The zero-order valence-corrected chi connectivity index (χ0v) is 14.5. The number of amides is 1. The summed E-state index contributed by atoms with van der Waals surface area (Å²) in [7, 11) is 0. The summed E-state index contributed by atoms with van der Waals surface area (Å²) in [5.41, 5.74) is 2.46. The normalized spacial score (nSPS) is 10.5. The molecule has 0 saturated carbocycles. The van der Waals surface area contributed by atoms with Gasteiger partial charge in [-0.3, -0.25) is 9.59 Å². The fourth-order valence-corrected chi connectivity index (χ4v) is 2.88. The van der Waals surface area contributed by atoms with Crippen LogP contribution in [0.25, 0.3) is 10.8 Å². The van der Waals surface area contributed by atoms with E-state index in [1.807, 2.05) is 43.3 Å². The van der Waals surface area contributed by atoms with Gasteiger partial charge in [-0.25, -0.2) is 4.68 Å². The predicted octanol–water partition coefficient (Wildman–Crippen LogP) is 2.20.